The van der Waals surface area contributed by atoms with Gasteiger partial charge in [-0.3, -0.25) is 4.79 Å². The van der Waals surface area contributed by atoms with E-state index in [-0.39, 0.29) is 33.5 Å². The van der Waals surface area contributed by atoms with Crippen LogP contribution >= 0.6 is 0 Å². The summed E-state index contributed by atoms with van der Waals surface area (Å²) in [5.74, 6) is 0.725. The minimum atomic E-state index is -2.09. The molecule has 1 aliphatic carbocycles. The maximum atomic E-state index is 12.2. The van der Waals surface area contributed by atoms with E-state index in [0.717, 1.165) is 11.3 Å². The zero-order valence-corrected chi connectivity index (χ0v) is 24.6. The van der Waals surface area contributed by atoms with Crippen LogP contribution in [0.1, 0.15) is 68.7 Å². The molecule has 0 aromatic rings. The average molecular weight is 469 g/mol. The first-order chi connectivity index (χ1) is 13.7. The molecule has 0 saturated carbocycles. The first-order valence-electron chi connectivity index (χ1n) is 11.5. The van der Waals surface area contributed by atoms with Gasteiger partial charge in [0.25, 0.3) is 0 Å². The van der Waals surface area contributed by atoms with Crippen molar-refractivity contribution < 1.29 is 18.4 Å². The van der Waals surface area contributed by atoms with Crippen LogP contribution in [-0.2, 0) is 18.4 Å². The molecule has 0 bridgehead atoms. The second-order valence-electron chi connectivity index (χ2n) is 12.7. The highest BCUT2D eigenvalue weighted by molar-refractivity contribution is 6.74. The zero-order valence-electron chi connectivity index (χ0n) is 22.6. The van der Waals surface area contributed by atoms with E-state index in [1.165, 1.54) is 7.11 Å². The predicted molar refractivity (Wildman–Crippen MR) is 136 cm³/mol. The van der Waals surface area contributed by atoms with E-state index < -0.39 is 16.6 Å². The van der Waals surface area contributed by atoms with Crippen molar-refractivity contribution in [1.82, 2.24) is 0 Å². The van der Waals surface area contributed by atoms with E-state index in [4.69, 9.17) is 13.6 Å². The molecule has 1 aliphatic rings. The van der Waals surface area contributed by atoms with E-state index in [0.29, 0.717) is 6.42 Å². The van der Waals surface area contributed by atoms with Crippen LogP contribution in [-0.4, -0.2) is 35.8 Å². The third-order valence-electron chi connectivity index (χ3n) is 7.73. The fourth-order valence-corrected chi connectivity index (χ4v) is 5.81. The Bertz CT molecular complexity index is 719. The third-order valence-corrected chi connectivity index (χ3v) is 16.5. The molecule has 4 nitrogen and oxygen atoms in total. The molecule has 1 rings (SSSR count). The van der Waals surface area contributed by atoms with Gasteiger partial charge in [-0.2, -0.15) is 0 Å². The first-order valence-corrected chi connectivity index (χ1v) is 17.3. The molecule has 31 heavy (non-hydrogen) atoms. The summed E-state index contributed by atoms with van der Waals surface area (Å²) in [5, 5.41) is 0.178. The van der Waals surface area contributed by atoms with Crippen LogP contribution in [0.2, 0.25) is 36.3 Å². The second kappa shape index (κ2) is 9.18. The topological polar surface area (TPSA) is 44.8 Å². The van der Waals surface area contributed by atoms with Gasteiger partial charge in [0.05, 0.1) is 25.4 Å². The molecule has 0 unspecified atom stereocenters. The number of hydrogen-bond acceptors (Lipinski definition) is 4. The van der Waals surface area contributed by atoms with Crippen molar-refractivity contribution in [1.29, 1.82) is 0 Å². The SMILES string of the molecule is COC(=O)C[C@@H]1C=C[C@@H](O[Si](C)(C)C(C)(C)C)C(C)(C)C(O[Si](C)(C)C(C)(C)C)=C1C. The summed E-state index contributed by atoms with van der Waals surface area (Å²) in [6, 6.07) is 0. The van der Waals surface area contributed by atoms with Crippen LogP contribution in [0, 0.1) is 11.3 Å². The average Bonchev–Trinajstić information content (AvgIpc) is 2.65. The lowest BCUT2D eigenvalue weighted by Crippen LogP contribution is -2.49. The summed E-state index contributed by atoms with van der Waals surface area (Å²) in [7, 11) is -2.67. The Labute approximate surface area is 194 Å². The first kappa shape index (κ1) is 28.2. The Kier molecular flexibility index (Phi) is 8.34. The van der Waals surface area contributed by atoms with Crippen LogP contribution in [0.15, 0.2) is 23.5 Å². The quantitative estimate of drug-likeness (QED) is 0.231. The molecule has 0 aliphatic heterocycles. The molecule has 6 heteroatoms. The Morgan fingerprint density at radius 3 is 1.87 bits per heavy atom. The van der Waals surface area contributed by atoms with Gasteiger partial charge in [-0.15, -0.1) is 0 Å². The maximum absolute atomic E-state index is 12.2. The van der Waals surface area contributed by atoms with Crippen molar-refractivity contribution in [2.45, 2.75) is 111 Å². The van der Waals surface area contributed by atoms with Gasteiger partial charge in [-0.1, -0.05) is 67.5 Å². The van der Waals surface area contributed by atoms with E-state index >= 15 is 0 Å². The zero-order chi connectivity index (χ0) is 24.6. The summed E-state index contributed by atoms with van der Waals surface area (Å²) in [4.78, 5) is 12.2. The molecule has 2 atom stereocenters. The van der Waals surface area contributed by atoms with Crippen molar-refractivity contribution in [2.24, 2.45) is 11.3 Å². The lowest BCUT2D eigenvalue weighted by Gasteiger charge is -2.46. The number of methoxy groups -OCH3 is 1. The van der Waals surface area contributed by atoms with E-state index in [1.807, 2.05) is 0 Å². The summed E-state index contributed by atoms with van der Waals surface area (Å²) in [5.41, 5.74) is 0.758. The molecule has 0 N–H and O–H groups in total. The van der Waals surface area contributed by atoms with Gasteiger partial charge in [-0.05, 0) is 48.8 Å². The van der Waals surface area contributed by atoms with Crippen LogP contribution < -0.4 is 0 Å². The van der Waals surface area contributed by atoms with Crippen molar-refractivity contribution >= 4 is 22.6 Å². The molecular weight excluding hydrogens is 420 g/mol. The van der Waals surface area contributed by atoms with Gasteiger partial charge in [0.1, 0.15) is 0 Å². The van der Waals surface area contributed by atoms with Crippen molar-refractivity contribution in [3.8, 4) is 0 Å². The lowest BCUT2D eigenvalue weighted by molar-refractivity contribution is -0.141. The maximum Gasteiger partial charge on any atom is 0.306 e. The van der Waals surface area contributed by atoms with Crippen LogP contribution in [0.5, 0.6) is 0 Å². The van der Waals surface area contributed by atoms with Gasteiger partial charge >= 0.3 is 5.97 Å². The predicted octanol–water partition coefficient (Wildman–Crippen LogP) is 7.45. The minimum absolute atomic E-state index is 0.0560. The van der Waals surface area contributed by atoms with Gasteiger partial charge in [0.2, 0.25) is 8.32 Å². The number of rotatable bonds is 6. The monoisotopic (exact) mass is 468 g/mol. The number of ether oxygens (including phenoxy) is 1. The molecule has 180 valence electrons. The number of carbonyl (C=O) groups excluding carboxylic acids is 1. The molecule has 0 spiro atoms. The molecule has 0 aromatic heterocycles. The summed E-state index contributed by atoms with van der Waals surface area (Å²) in [6.07, 6.45) is 4.49. The number of carbonyl (C=O) groups is 1. The molecule has 0 aromatic carbocycles. The number of hydrogen-bond donors (Lipinski definition) is 0. The van der Waals surface area contributed by atoms with Crippen molar-refractivity contribution in [2.75, 3.05) is 7.11 Å². The fourth-order valence-electron chi connectivity index (χ4n) is 3.21. The van der Waals surface area contributed by atoms with E-state index in [2.05, 4.69) is 101 Å². The fraction of sp³-hybridized carbons (Fsp3) is 0.800. The number of allylic oxidation sites excluding steroid dienone is 2. The molecule has 0 fully saturated rings. The summed E-state index contributed by atoms with van der Waals surface area (Å²) >= 11 is 0. The Morgan fingerprint density at radius 2 is 1.45 bits per heavy atom. The normalized spacial score (nSPS) is 22.9. The molecular formula is C25H48O4Si2. The Balaban J connectivity index is 3.58. The highest BCUT2D eigenvalue weighted by Gasteiger charge is 2.48. The molecule has 0 amide bonds. The van der Waals surface area contributed by atoms with Gasteiger partial charge in [0, 0.05) is 11.3 Å². The van der Waals surface area contributed by atoms with E-state index in [1.54, 1.807) is 0 Å². The minimum Gasteiger partial charge on any atom is -0.546 e. The molecule has 0 saturated heterocycles. The summed E-state index contributed by atoms with van der Waals surface area (Å²) in [6.45, 7) is 29.3. The van der Waals surface area contributed by atoms with Crippen LogP contribution in [0.25, 0.3) is 0 Å². The highest BCUT2D eigenvalue weighted by Crippen LogP contribution is 2.48. The van der Waals surface area contributed by atoms with Crippen LogP contribution in [0.4, 0.5) is 0 Å². The van der Waals surface area contributed by atoms with Gasteiger partial charge in [0.15, 0.2) is 8.32 Å². The van der Waals surface area contributed by atoms with Gasteiger partial charge < -0.3 is 13.6 Å². The van der Waals surface area contributed by atoms with Crippen LogP contribution in [0.3, 0.4) is 0 Å². The summed E-state index contributed by atoms with van der Waals surface area (Å²) < 4.78 is 18.9. The standard InChI is InChI=1S/C25H48O4Si2/c1-18-19(17-21(26)27-10)15-16-20(28-30(11,12)23(2,3)4)25(8,9)22(18)29-31(13,14)24(5,6)7/h15-16,19-20H,17H2,1-14H3/t19-,20+/m0/s1. The molecule has 0 radical (unpaired) electrons. The number of esters is 1. The smallest absolute Gasteiger partial charge is 0.306 e. The Morgan fingerprint density at radius 1 is 0.968 bits per heavy atom. The molecule has 0 heterocycles. The van der Waals surface area contributed by atoms with E-state index in [9.17, 15) is 4.79 Å². The third kappa shape index (κ3) is 6.35. The second-order valence-corrected chi connectivity index (χ2v) is 22.1. The van der Waals surface area contributed by atoms with Gasteiger partial charge in [-0.25, -0.2) is 0 Å². The van der Waals surface area contributed by atoms with Crippen molar-refractivity contribution in [3.63, 3.8) is 0 Å². The lowest BCUT2D eigenvalue weighted by atomic mass is 9.82. The Hall–Kier alpha value is -0.856. The largest absolute Gasteiger partial charge is 0.546 e. The highest BCUT2D eigenvalue weighted by atomic mass is 28.4. The van der Waals surface area contributed by atoms with Crippen molar-refractivity contribution in [3.05, 3.63) is 23.5 Å².